The van der Waals surface area contributed by atoms with Gasteiger partial charge in [0.25, 0.3) is 0 Å². The second-order valence-electron chi connectivity index (χ2n) is 6.33. The Balaban J connectivity index is 2.11. The summed E-state index contributed by atoms with van der Waals surface area (Å²) in [4.78, 5) is 0. The molecule has 1 atom stereocenters. The Bertz CT molecular complexity index is 440. The maximum absolute atomic E-state index is 6.10. The number of hydrogen-bond acceptors (Lipinski definition) is 3. The first kappa shape index (κ1) is 14.2. The van der Waals surface area contributed by atoms with Crippen LogP contribution < -0.4 is 10.1 Å². The molecule has 0 bridgehead atoms. The van der Waals surface area contributed by atoms with Crippen LogP contribution in [0, 0.1) is 0 Å². The van der Waals surface area contributed by atoms with E-state index in [0.29, 0.717) is 12.6 Å². The predicted octanol–water partition coefficient (Wildman–Crippen LogP) is 3.84. The molecule has 106 valence electrons. The SMILES string of the molecule is CCOc1cccc(NC2CC(C)(C)OC2(C)C)c1. The molecule has 1 fully saturated rings. The van der Waals surface area contributed by atoms with Gasteiger partial charge in [-0.05, 0) is 53.2 Å². The molecular formula is C16H25NO2. The summed E-state index contributed by atoms with van der Waals surface area (Å²) < 4.78 is 11.6. The second-order valence-corrected chi connectivity index (χ2v) is 6.33. The Morgan fingerprint density at radius 3 is 2.63 bits per heavy atom. The van der Waals surface area contributed by atoms with Crippen LogP contribution in [-0.2, 0) is 4.74 Å². The molecule has 1 aromatic carbocycles. The fourth-order valence-corrected chi connectivity index (χ4v) is 2.83. The lowest BCUT2D eigenvalue weighted by molar-refractivity contribution is -0.0662. The number of ether oxygens (including phenoxy) is 2. The van der Waals surface area contributed by atoms with Gasteiger partial charge in [-0.2, -0.15) is 0 Å². The highest BCUT2D eigenvalue weighted by Gasteiger charge is 2.45. The highest BCUT2D eigenvalue weighted by atomic mass is 16.5. The van der Waals surface area contributed by atoms with E-state index in [1.54, 1.807) is 0 Å². The molecule has 0 aromatic heterocycles. The Hall–Kier alpha value is -1.22. The van der Waals surface area contributed by atoms with Crippen molar-refractivity contribution >= 4 is 5.69 Å². The third kappa shape index (κ3) is 3.41. The van der Waals surface area contributed by atoms with Gasteiger partial charge >= 0.3 is 0 Å². The van der Waals surface area contributed by atoms with E-state index >= 15 is 0 Å². The van der Waals surface area contributed by atoms with Gasteiger partial charge in [0, 0.05) is 11.8 Å². The fourth-order valence-electron chi connectivity index (χ4n) is 2.83. The molecule has 0 radical (unpaired) electrons. The van der Waals surface area contributed by atoms with E-state index in [9.17, 15) is 0 Å². The van der Waals surface area contributed by atoms with Gasteiger partial charge in [0.05, 0.1) is 23.9 Å². The molecule has 0 aliphatic carbocycles. The number of rotatable bonds is 4. The normalized spacial score (nSPS) is 24.2. The van der Waals surface area contributed by atoms with Crippen molar-refractivity contribution in [2.45, 2.75) is 58.3 Å². The Morgan fingerprint density at radius 1 is 1.32 bits per heavy atom. The summed E-state index contributed by atoms with van der Waals surface area (Å²) in [5.41, 5.74) is 0.856. The molecule has 0 saturated carbocycles. The van der Waals surface area contributed by atoms with E-state index in [2.05, 4.69) is 39.1 Å². The monoisotopic (exact) mass is 263 g/mol. The molecule has 1 N–H and O–H groups in total. The van der Waals surface area contributed by atoms with E-state index in [-0.39, 0.29) is 11.2 Å². The van der Waals surface area contributed by atoms with Crippen LogP contribution in [0.1, 0.15) is 41.0 Å². The van der Waals surface area contributed by atoms with Gasteiger partial charge in [-0.15, -0.1) is 0 Å². The number of hydrogen-bond donors (Lipinski definition) is 1. The molecule has 1 unspecified atom stereocenters. The van der Waals surface area contributed by atoms with Crippen LogP contribution >= 0.6 is 0 Å². The van der Waals surface area contributed by atoms with Crippen LogP contribution in [0.25, 0.3) is 0 Å². The zero-order valence-corrected chi connectivity index (χ0v) is 12.6. The smallest absolute Gasteiger partial charge is 0.121 e. The fraction of sp³-hybridized carbons (Fsp3) is 0.625. The standard InChI is InChI=1S/C16H25NO2/c1-6-18-13-9-7-8-12(10-13)17-14-11-15(2,3)19-16(14,4)5/h7-10,14,17H,6,11H2,1-5H3. The lowest BCUT2D eigenvalue weighted by atomic mass is 9.94. The van der Waals surface area contributed by atoms with Crippen molar-refractivity contribution in [2.24, 2.45) is 0 Å². The first-order valence-corrected chi connectivity index (χ1v) is 7.02. The lowest BCUT2D eigenvalue weighted by Gasteiger charge is -2.28. The zero-order chi connectivity index (χ0) is 14.1. The van der Waals surface area contributed by atoms with Crippen LogP contribution in [0.5, 0.6) is 5.75 Å². The minimum atomic E-state index is -0.162. The summed E-state index contributed by atoms with van der Waals surface area (Å²) in [5.74, 6) is 0.906. The average Bonchev–Trinajstić information content (AvgIpc) is 2.47. The molecule has 1 aromatic rings. The third-order valence-corrected chi connectivity index (χ3v) is 3.56. The van der Waals surface area contributed by atoms with Gasteiger partial charge in [0.2, 0.25) is 0 Å². The lowest BCUT2D eigenvalue weighted by Crippen LogP contribution is -2.38. The maximum atomic E-state index is 6.10. The largest absolute Gasteiger partial charge is 0.494 e. The minimum Gasteiger partial charge on any atom is -0.494 e. The van der Waals surface area contributed by atoms with Crippen LogP contribution in [0.3, 0.4) is 0 Å². The summed E-state index contributed by atoms with van der Waals surface area (Å²) in [6.45, 7) is 11.3. The first-order chi connectivity index (χ1) is 8.82. The Kier molecular flexibility index (Phi) is 3.77. The summed E-state index contributed by atoms with van der Waals surface area (Å²) in [7, 11) is 0. The molecule has 0 amide bonds. The van der Waals surface area contributed by atoms with E-state index in [1.165, 1.54) is 0 Å². The number of nitrogens with one attached hydrogen (secondary N) is 1. The van der Waals surface area contributed by atoms with Crippen molar-refractivity contribution in [3.05, 3.63) is 24.3 Å². The Labute approximate surface area is 116 Å². The van der Waals surface area contributed by atoms with Gasteiger partial charge in [0.1, 0.15) is 5.75 Å². The van der Waals surface area contributed by atoms with Crippen LogP contribution in [0.15, 0.2) is 24.3 Å². The van der Waals surface area contributed by atoms with Crippen LogP contribution in [0.2, 0.25) is 0 Å². The third-order valence-electron chi connectivity index (χ3n) is 3.56. The summed E-state index contributed by atoms with van der Waals surface area (Å²) in [5, 5.41) is 3.58. The molecule has 2 rings (SSSR count). The molecular weight excluding hydrogens is 238 g/mol. The topological polar surface area (TPSA) is 30.5 Å². The molecule has 1 aliphatic heterocycles. The molecule has 1 aliphatic rings. The molecule has 1 heterocycles. The van der Waals surface area contributed by atoms with Gasteiger partial charge < -0.3 is 14.8 Å². The number of benzene rings is 1. The van der Waals surface area contributed by atoms with E-state index in [4.69, 9.17) is 9.47 Å². The summed E-state index contributed by atoms with van der Waals surface area (Å²) in [6.07, 6.45) is 0.999. The van der Waals surface area contributed by atoms with E-state index in [1.807, 2.05) is 25.1 Å². The first-order valence-electron chi connectivity index (χ1n) is 7.02. The molecule has 3 heteroatoms. The van der Waals surface area contributed by atoms with E-state index in [0.717, 1.165) is 17.9 Å². The van der Waals surface area contributed by atoms with Crippen molar-refractivity contribution in [1.82, 2.24) is 0 Å². The van der Waals surface area contributed by atoms with Crippen molar-refractivity contribution in [3.8, 4) is 5.75 Å². The second kappa shape index (κ2) is 5.04. The Morgan fingerprint density at radius 2 is 2.05 bits per heavy atom. The molecule has 1 saturated heterocycles. The van der Waals surface area contributed by atoms with Gasteiger partial charge in [-0.3, -0.25) is 0 Å². The molecule has 3 nitrogen and oxygen atoms in total. The van der Waals surface area contributed by atoms with Gasteiger partial charge in [-0.25, -0.2) is 0 Å². The van der Waals surface area contributed by atoms with Crippen LogP contribution in [0.4, 0.5) is 5.69 Å². The average molecular weight is 263 g/mol. The zero-order valence-electron chi connectivity index (χ0n) is 12.6. The minimum absolute atomic E-state index is 0.0707. The molecule has 0 spiro atoms. The van der Waals surface area contributed by atoms with Crippen molar-refractivity contribution in [3.63, 3.8) is 0 Å². The van der Waals surface area contributed by atoms with Gasteiger partial charge in [0.15, 0.2) is 0 Å². The quantitative estimate of drug-likeness (QED) is 0.895. The van der Waals surface area contributed by atoms with Crippen LogP contribution in [-0.4, -0.2) is 23.9 Å². The summed E-state index contributed by atoms with van der Waals surface area (Å²) >= 11 is 0. The van der Waals surface area contributed by atoms with E-state index < -0.39 is 0 Å². The highest BCUT2D eigenvalue weighted by molar-refractivity contribution is 5.49. The van der Waals surface area contributed by atoms with Crippen molar-refractivity contribution in [1.29, 1.82) is 0 Å². The van der Waals surface area contributed by atoms with Crippen molar-refractivity contribution in [2.75, 3.05) is 11.9 Å². The number of anilines is 1. The maximum Gasteiger partial charge on any atom is 0.121 e. The summed E-state index contributed by atoms with van der Waals surface area (Å²) in [6, 6.07) is 8.42. The van der Waals surface area contributed by atoms with Crippen molar-refractivity contribution < 1.29 is 9.47 Å². The highest BCUT2D eigenvalue weighted by Crippen LogP contribution is 2.39. The predicted molar refractivity (Wildman–Crippen MR) is 78.9 cm³/mol. The van der Waals surface area contributed by atoms with Gasteiger partial charge in [-0.1, -0.05) is 6.07 Å². The molecule has 19 heavy (non-hydrogen) atoms.